The molecule has 0 spiro atoms. The van der Waals surface area contributed by atoms with Crippen LogP contribution in [-0.2, 0) is 0 Å². The van der Waals surface area contributed by atoms with Crippen LogP contribution in [-0.4, -0.2) is 54.9 Å². The van der Waals surface area contributed by atoms with Crippen molar-refractivity contribution in [2.24, 2.45) is 5.92 Å². The summed E-state index contributed by atoms with van der Waals surface area (Å²) in [6.45, 7) is 3.60. The van der Waals surface area contributed by atoms with E-state index < -0.39 is 6.09 Å². The molecule has 2 heterocycles. The lowest BCUT2D eigenvalue weighted by Crippen LogP contribution is -2.51. The highest BCUT2D eigenvalue weighted by Gasteiger charge is 2.27. The molecule has 2 aromatic carbocycles. The Morgan fingerprint density at radius 2 is 1.65 bits per heavy atom. The van der Waals surface area contributed by atoms with E-state index in [1.54, 1.807) is 0 Å². The van der Waals surface area contributed by atoms with Gasteiger partial charge in [0.05, 0.1) is 0 Å². The van der Waals surface area contributed by atoms with E-state index in [0.717, 1.165) is 55.4 Å². The van der Waals surface area contributed by atoms with Gasteiger partial charge in [0, 0.05) is 55.0 Å². The van der Waals surface area contributed by atoms with Crippen LogP contribution < -0.4 is 15.5 Å². The number of piperidine rings is 1. The lowest BCUT2D eigenvalue weighted by Gasteiger charge is -2.41. The maximum atomic E-state index is 12.6. The smallest absolute Gasteiger partial charge is 0.404 e. The van der Waals surface area contributed by atoms with Gasteiger partial charge in [-0.1, -0.05) is 23.7 Å². The van der Waals surface area contributed by atoms with E-state index in [1.807, 2.05) is 41.3 Å². The number of hydrogen-bond donors (Lipinski definition) is 3. The summed E-state index contributed by atoms with van der Waals surface area (Å²) in [6.07, 6.45) is 0.912. The minimum Gasteiger partial charge on any atom is -0.465 e. The SMILES string of the molecule is O=C(O)NCC1CN(c2ccc(NC(=O)N3CCC(c4ccc(Cl)cc4)CC3)cc2)C1. The highest BCUT2D eigenvalue weighted by atomic mass is 35.5. The number of nitrogens with one attached hydrogen (secondary N) is 2. The third-order valence-electron chi connectivity index (χ3n) is 6.11. The molecule has 2 saturated heterocycles. The number of halogens is 1. The molecule has 4 rings (SSSR count). The van der Waals surface area contributed by atoms with E-state index in [4.69, 9.17) is 16.7 Å². The lowest BCUT2D eigenvalue weighted by molar-refractivity contribution is 0.191. The molecule has 31 heavy (non-hydrogen) atoms. The fraction of sp³-hybridized carbons (Fsp3) is 0.391. The van der Waals surface area contributed by atoms with Crippen molar-refractivity contribution in [3.63, 3.8) is 0 Å². The summed E-state index contributed by atoms with van der Waals surface area (Å²) in [5, 5.41) is 14.8. The standard InChI is InChI=1S/C23H27ClN4O3/c24-19-3-1-17(2-4-19)18-9-11-27(12-10-18)22(29)26-20-5-7-21(8-6-20)28-14-16(15-28)13-25-23(30)31/h1-8,16,18,25H,9-15H2,(H,26,29)(H,30,31). The number of carbonyl (C=O) groups is 2. The summed E-state index contributed by atoms with van der Waals surface area (Å²) in [5.41, 5.74) is 3.14. The van der Waals surface area contributed by atoms with Gasteiger partial charge in [0.1, 0.15) is 0 Å². The van der Waals surface area contributed by atoms with E-state index in [2.05, 4.69) is 27.7 Å². The third kappa shape index (κ3) is 5.41. The number of carbonyl (C=O) groups excluding carboxylic acids is 1. The molecule has 0 saturated carbocycles. The number of carboxylic acid groups (broad SMARTS) is 1. The van der Waals surface area contributed by atoms with Gasteiger partial charge in [0.2, 0.25) is 0 Å². The molecule has 0 atom stereocenters. The third-order valence-corrected chi connectivity index (χ3v) is 6.36. The topological polar surface area (TPSA) is 84.9 Å². The number of rotatable bonds is 5. The predicted octanol–water partition coefficient (Wildman–Crippen LogP) is 4.46. The van der Waals surface area contributed by atoms with Crippen LogP contribution in [0.25, 0.3) is 0 Å². The molecule has 0 aliphatic carbocycles. The van der Waals surface area contributed by atoms with Crippen molar-refractivity contribution in [3.8, 4) is 0 Å². The van der Waals surface area contributed by atoms with Crippen molar-refractivity contribution in [1.29, 1.82) is 0 Å². The van der Waals surface area contributed by atoms with Gasteiger partial charge in [-0.3, -0.25) is 0 Å². The first-order chi connectivity index (χ1) is 15.0. The van der Waals surface area contributed by atoms with E-state index in [-0.39, 0.29) is 6.03 Å². The Bertz CT molecular complexity index is 905. The molecule has 7 nitrogen and oxygen atoms in total. The number of benzene rings is 2. The molecule has 0 unspecified atom stereocenters. The van der Waals surface area contributed by atoms with Gasteiger partial charge >= 0.3 is 12.1 Å². The Morgan fingerprint density at radius 1 is 1.00 bits per heavy atom. The van der Waals surface area contributed by atoms with Gasteiger partial charge in [-0.15, -0.1) is 0 Å². The van der Waals surface area contributed by atoms with Crippen molar-refractivity contribution in [2.75, 3.05) is 42.9 Å². The van der Waals surface area contributed by atoms with Crippen LogP contribution in [0.4, 0.5) is 21.0 Å². The van der Waals surface area contributed by atoms with E-state index >= 15 is 0 Å². The number of amides is 3. The lowest BCUT2D eigenvalue weighted by atomic mass is 9.89. The van der Waals surface area contributed by atoms with Gasteiger partial charge in [-0.25, -0.2) is 9.59 Å². The largest absolute Gasteiger partial charge is 0.465 e. The fourth-order valence-electron chi connectivity index (χ4n) is 4.25. The first-order valence-corrected chi connectivity index (χ1v) is 11.0. The van der Waals surface area contributed by atoms with Crippen molar-refractivity contribution in [2.45, 2.75) is 18.8 Å². The van der Waals surface area contributed by atoms with Gasteiger partial charge in [0.25, 0.3) is 0 Å². The second kappa shape index (κ2) is 9.47. The Balaban J connectivity index is 1.22. The van der Waals surface area contributed by atoms with Gasteiger partial charge < -0.3 is 25.5 Å². The van der Waals surface area contributed by atoms with Crippen LogP contribution in [0.2, 0.25) is 5.02 Å². The number of likely N-dealkylation sites (tertiary alicyclic amines) is 1. The molecule has 0 aromatic heterocycles. The molecule has 2 aromatic rings. The molecular formula is C23H27ClN4O3. The van der Waals surface area contributed by atoms with Crippen LogP contribution >= 0.6 is 11.6 Å². The normalized spacial score (nSPS) is 17.2. The molecule has 2 fully saturated rings. The molecule has 0 radical (unpaired) electrons. The van der Waals surface area contributed by atoms with Crippen LogP contribution in [0.5, 0.6) is 0 Å². The van der Waals surface area contributed by atoms with Crippen molar-refractivity contribution < 1.29 is 14.7 Å². The predicted molar refractivity (Wildman–Crippen MR) is 122 cm³/mol. The summed E-state index contributed by atoms with van der Waals surface area (Å²) >= 11 is 5.97. The summed E-state index contributed by atoms with van der Waals surface area (Å²) in [7, 11) is 0. The molecule has 2 aliphatic rings. The number of nitrogens with zero attached hydrogens (tertiary/aromatic N) is 2. The zero-order valence-corrected chi connectivity index (χ0v) is 18.0. The summed E-state index contributed by atoms with van der Waals surface area (Å²) < 4.78 is 0. The minimum absolute atomic E-state index is 0.0638. The highest BCUT2D eigenvalue weighted by molar-refractivity contribution is 6.30. The molecule has 164 valence electrons. The first-order valence-electron chi connectivity index (χ1n) is 10.6. The van der Waals surface area contributed by atoms with Gasteiger partial charge in [-0.05, 0) is 60.7 Å². The monoisotopic (exact) mass is 442 g/mol. The molecule has 3 N–H and O–H groups in total. The quantitative estimate of drug-likeness (QED) is 0.638. The Hall–Kier alpha value is -2.93. The van der Waals surface area contributed by atoms with Crippen molar-refractivity contribution >= 4 is 35.1 Å². The molecule has 8 heteroatoms. The zero-order valence-electron chi connectivity index (χ0n) is 17.3. The fourth-order valence-corrected chi connectivity index (χ4v) is 4.38. The number of urea groups is 1. The van der Waals surface area contributed by atoms with E-state index in [1.165, 1.54) is 5.56 Å². The zero-order chi connectivity index (χ0) is 21.8. The number of hydrogen-bond acceptors (Lipinski definition) is 3. The van der Waals surface area contributed by atoms with Crippen LogP contribution in [0.1, 0.15) is 24.3 Å². The Labute approximate surface area is 187 Å². The van der Waals surface area contributed by atoms with Crippen molar-refractivity contribution in [1.82, 2.24) is 10.2 Å². The Morgan fingerprint density at radius 3 is 2.26 bits per heavy atom. The highest BCUT2D eigenvalue weighted by Crippen LogP contribution is 2.29. The Kier molecular flexibility index (Phi) is 6.51. The second-order valence-corrected chi connectivity index (χ2v) is 8.68. The van der Waals surface area contributed by atoms with Gasteiger partial charge in [-0.2, -0.15) is 0 Å². The number of anilines is 2. The molecule has 0 bridgehead atoms. The van der Waals surface area contributed by atoms with E-state index in [0.29, 0.717) is 18.4 Å². The second-order valence-electron chi connectivity index (χ2n) is 8.25. The first kappa shape index (κ1) is 21.3. The summed E-state index contributed by atoms with van der Waals surface area (Å²) in [5.74, 6) is 0.804. The summed E-state index contributed by atoms with van der Waals surface area (Å²) in [6, 6.07) is 15.7. The van der Waals surface area contributed by atoms with Crippen LogP contribution in [0.3, 0.4) is 0 Å². The average Bonchev–Trinajstić information content (AvgIpc) is 2.74. The van der Waals surface area contributed by atoms with Crippen LogP contribution in [0, 0.1) is 5.92 Å². The molecular weight excluding hydrogens is 416 g/mol. The minimum atomic E-state index is -0.979. The van der Waals surface area contributed by atoms with E-state index in [9.17, 15) is 9.59 Å². The maximum Gasteiger partial charge on any atom is 0.404 e. The molecule has 2 aliphatic heterocycles. The van der Waals surface area contributed by atoms with Crippen LogP contribution in [0.15, 0.2) is 48.5 Å². The summed E-state index contributed by atoms with van der Waals surface area (Å²) in [4.78, 5) is 27.3. The average molecular weight is 443 g/mol. The van der Waals surface area contributed by atoms with Crippen molar-refractivity contribution in [3.05, 3.63) is 59.1 Å². The molecule has 3 amide bonds. The van der Waals surface area contributed by atoms with Gasteiger partial charge in [0.15, 0.2) is 0 Å². The maximum absolute atomic E-state index is 12.6.